The Morgan fingerprint density at radius 3 is 2.58 bits per heavy atom. The van der Waals surface area contributed by atoms with Gasteiger partial charge in [0.15, 0.2) is 15.7 Å². The van der Waals surface area contributed by atoms with Crippen LogP contribution in [0.1, 0.15) is 5.69 Å². The van der Waals surface area contributed by atoms with Gasteiger partial charge in [-0.1, -0.05) is 0 Å². The molecule has 0 bridgehead atoms. The molecule has 0 saturated carbocycles. The van der Waals surface area contributed by atoms with Crippen molar-refractivity contribution in [1.82, 2.24) is 15.0 Å². The Morgan fingerprint density at radius 2 is 1.83 bits per heavy atom. The van der Waals surface area contributed by atoms with Gasteiger partial charge in [-0.15, -0.1) is 0 Å². The van der Waals surface area contributed by atoms with E-state index < -0.39 is 15.7 Å². The maximum absolute atomic E-state index is 12.9. The molecule has 0 fully saturated rings. The number of aryl methyl sites for hydroxylation is 1. The molecular formula is C16H15FN4O2S. The van der Waals surface area contributed by atoms with Gasteiger partial charge in [0.25, 0.3) is 0 Å². The highest BCUT2D eigenvalue weighted by atomic mass is 32.2. The summed E-state index contributed by atoms with van der Waals surface area (Å²) in [6.07, 6.45) is 1.40. The molecule has 0 aliphatic heterocycles. The van der Waals surface area contributed by atoms with Crippen molar-refractivity contribution in [2.24, 2.45) is 0 Å². The van der Waals surface area contributed by atoms with Crippen LogP contribution in [0, 0.1) is 12.7 Å². The summed E-state index contributed by atoms with van der Waals surface area (Å²) < 4.78 is 37.4. The zero-order chi connectivity index (χ0) is 17.2. The Labute approximate surface area is 138 Å². The minimum Gasteiger partial charge on any atom is -0.367 e. The molecule has 0 atom stereocenters. The van der Waals surface area contributed by atoms with Crippen molar-refractivity contribution in [3.63, 3.8) is 0 Å². The van der Waals surface area contributed by atoms with Gasteiger partial charge in [0, 0.05) is 12.2 Å². The number of rotatable bonds is 5. The Hall–Kier alpha value is -2.61. The van der Waals surface area contributed by atoms with Gasteiger partial charge in [-0.05, 0) is 43.3 Å². The first-order valence-electron chi connectivity index (χ1n) is 7.26. The van der Waals surface area contributed by atoms with E-state index in [1.807, 2.05) is 19.1 Å². The van der Waals surface area contributed by atoms with Crippen LogP contribution in [0.5, 0.6) is 0 Å². The van der Waals surface area contributed by atoms with Crippen LogP contribution < -0.4 is 5.32 Å². The molecule has 0 saturated heterocycles. The van der Waals surface area contributed by atoms with Gasteiger partial charge in [0.05, 0.1) is 16.2 Å². The van der Waals surface area contributed by atoms with E-state index in [0.29, 0.717) is 16.9 Å². The summed E-state index contributed by atoms with van der Waals surface area (Å²) in [4.78, 5) is 12.7. The molecule has 3 aromatic rings. The molecule has 0 spiro atoms. The molecule has 3 rings (SSSR count). The fraction of sp³-hybridized carbons (Fsp3) is 0.188. The smallest absolute Gasteiger partial charge is 0.180 e. The zero-order valence-corrected chi connectivity index (χ0v) is 13.7. The Kier molecular flexibility index (Phi) is 4.39. The summed E-state index contributed by atoms with van der Waals surface area (Å²) in [5.41, 5.74) is 2.09. The van der Waals surface area contributed by atoms with Crippen molar-refractivity contribution in [2.45, 2.75) is 11.8 Å². The second kappa shape index (κ2) is 6.48. The molecule has 0 aliphatic rings. The van der Waals surface area contributed by atoms with Crippen LogP contribution in [-0.4, -0.2) is 35.7 Å². The SMILES string of the molecule is Cc1ccc2ncnc(NCCS(=O)(=O)c3ccc(F)cc3)c2n1. The molecule has 1 aromatic carbocycles. The molecule has 0 unspecified atom stereocenters. The van der Waals surface area contributed by atoms with Gasteiger partial charge < -0.3 is 5.32 Å². The highest BCUT2D eigenvalue weighted by molar-refractivity contribution is 7.91. The molecule has 8 heteroatoms. The molecule has 24 heavy (non-hydrogen) atoms. The lowest BCUT2D eigenvalue weighted by Crippen LogP contribution is -2.17. The number of benzene rings is 1. The van der Waals surface area contributed by atoms with Gasteiger partial charge in [-0.2, -0.15) is 0 Å². The standard InChI is InChI=1S/C16H15FN4O2S/c1-11-2-7-14-15(21-11)16(20-10-19-14)18-8-9-24(22,23)13-5-3-12(17)4-6-13/h2-7,10H,8-9H2,1H3,(H,18,19,20). The van der Waals surface area contributed by atoms with E-state index in [1.165, 1.54) is 18.5 Å². The van der Waals surface area contributed by atoms with Crippen LogP contribution in [0.4, 0.5) is 10.2 Å². The van der Waals surface area contributed by atoms with Gasteiger partial charge in [0.2, 0.25) is 0 Å². The predicted molar refractivity (Wildman–Crippen MR) is 89.0 cm³/mol. The lowest BCUT2D eigenvalue weighted by Gasteiger charge is -2.09. The number of anilines is 1. The van der Waals surface area contributed by atoms with Gasteiger partial charge in [-0.25, -0.2) is 27.8 Å². The fourth-order valence-corrected chi connectivity index (χ4v) is 3.39. The topological polar surface area (TPSA) is 84.8 Å². The van der Waals surface area contributed by atoms with Crippen molar-refractivity contribution in [2.75, 3.05) is 17.6 Å². The predicted octanol–water partition coefficient (Wildman–Crippen LogP) is 2.36. The fourth-order valence-electron chi connectivity index (χ4n) is 2.23. The van der Waals surface area contributed by atoms with E-state index in [2.05, 4.69) is 20.3 Å². The third kappa shape index (κ3) is 3.48. The van der Waals surface area contributed by atoms with Crippen molar-refractivity contribution in [3.8, 4) is 0 Å². The summed E-state index contributed by atoms with van der Waals surface area (Å²) >= 11 is 0. The first-order chi connectivity index (χ1) is 11.5. The minimum atomic E-state index is -3.50. The van der Waals surface area contributed by atoms with Crippen LogP contribution in [0.25, 0.3) is 11.0 Å². The van der Waals surface area contributed by atoms with Crippen molar-refractivity contribution >= 4 is 26.7 Å². The third-order valence-corrected chi connectivity index (χ3v) is 5.19. The number of sulfone groups is 1. The monoisotopic (exact) mass is 346 g/mol. The highest BCUT2D eigenvalue weighted by Gasteiger charge is 2.14. The number of pyridine rings is 1. The van der Waals surface area contributed by atoms with Gasteiger partial charge in [0.1, 0.15) is 17.7 Å². The van der Waals surface area contributed by atoms with E-state index in [0.717, 1.165) is 17.8 Å². The third-order valence-electron chi connectivity index (χ3n) is 3.46. The zero-order valence-electron chi connectivity index (χ0n) is 12.9. The Bertz CT molecular complexity index is 975. The number of nitrogens with one attached hydrogen (secondary N) is 1. The van der Waals surface area contributed by atoms with Crippen LogP contribution in [-0.2, 0) is 9.84 Å². The molecule has 0 aliphatic carbocycles. The van der Waals surface area contributed by atoms with E-state index in [1.54, 1.807) is 0 Å². The highest BCUT2D eigenvalue weighted by Crippen LogP contribution is 2.17. The second-order valence-corrected chi connectivity index (χ2v) is 7.35. The van der Waals surface area contributed by atoms with Crippen molar-refractivity contribution in [3.05, 3.63) is 54.2 Å². The number of aromatic nitrogens is 3. The number of fused-ring (bicyclic) bond motifs is 1. The molecule has 1 N–H and O–H groups in total. The number of hydrogen-bond acceptors (Lipinski definition) is 6. The summed E-state index contributed by atoms with van der Waals surface area (Å²) in [7, 11) is -3.50. The number of nitrogens with zero attached hydrogens (tertiary/aromatic N) is 3. The first kappa shape index (κ1) is 16.3. The molecule has 0 radical (unpaired) electrons. The van der Waals surface area contributed by atoms with Gasteiger partial charge >= 0.3 is 0 Å². The maximum atomic E-state index is 12.9. The molecule has 6 nitrogen and oxygen atoms in total. The second-order valence-electron chi connectivity index (χ2n) is 5.24. The van der Waals surface area contributed by atoms with Crippen LogP contribution >= 0.6 is 0 Å². The van der Waals surface area contributed by atoms with E-state index in [9.17, 15) is 12.8 Å². The van der Waals surface area contributed by atoms with Crippen molar-refractivity contribution < 1.29 is 12.8 Å². The summed E-state index contributed by atoms with van der Waals surface area (Å²) in [6, 6.07) is 8.46. The number of hydrogen-bond donors (Lipinski definition) is 1. The lowest BCUT2D eigenvalue weighted by atomic mass is 10.3. The summed E-state index contributed by atoms with van der Waals surface area (Å²) in [5.74, 6) is -0.130. The average Bonchev–Trinajstić information content (AvgIpc) is 2.55. The summed E-state index contributed by atoms with van der Waals surface area (Å²) in [5, 5.41) is 2.99. The van der Waals surface area contributed by atoms with Crippen molar-refractivity contribution in [1.29, 1.82) is 0 Å². The molecule has 0 amide bonds. The van der Waals surface area contributed by atoms with Crippen LogP contribution in [0.3, 0.4) is 0 Å². The van der Waals surface area contributed by atoms with Gasteiger partial charge in [-0.3, -0.25) is 0 Å². The molecule has 124 valence electrons. The van der Waals surface area contributed by atoms with E-state index >= 15 is 0 Å². The Morgan fingerprint density at radius 1 is 1.08 bits per heavy atom. The first-order valence-corrected chi connectivity index (χ1v) is 8.91. The normalized spacial score (nSPS) is 11.6. The van der Waals surface area contributed by atoms with E-state index in [-0.39, 0.29) is 17.2 Å². The van der Waals surface area contributed by atoms with Crippen LogP contribution in [0.15, 0.2) is 47.6 Å². The quantitative estimate of drug-likeness (QED) is 0.714. The number of halogens is 1. The largest absolute Gasteiger partial charge is 0.367 e. The lowest BCUT2D eigenvalue weighted by molar-refractivity contribution is 0.595. The van der Waals surface area contributed by atoms with E-state index in [4.69, 9.17) is 0 Å². The molecule has 2 aromatic heterocycles. The Balaban J connectivity index is 1.75. The summed E-state index contributed by atoms with van der Waals surface area (Å²) in [6.45, 7) is 2.01. The van der Waals surface area contributed by atoms with Crippen LogP contribution in [0.2, 0.25) is 0 Å². The molecular weight excluding hydrogens is 331 g/mol. The molecule has 2 heterocycles. The average molecular weight is 346 g/mol. The minimum absolute atomic E-state index is 0.0900. The maximum Gasteiger partial charge on any atom is 0.180 e.